The maximum absolute atomic E-state index is 13.0. The zero-order valence-corrected chi connectivity index (χ0v) is 19.4. The fourth-order valence-electron chi connectivity index (χ4n) is 4.25. The average molecular weight is 492 g/mol. The van der Waals surface area contributed by atoms with Gasteiger partial charge in [-0.15, -0.1) is 0 Å². The molecule has 3 aromatic carbocycles. The number of hydrogen-bond acceptors (Lipinski definition) is 4. The van der Waals surface area contributed by atoms with E-state index in [9.17, 15) is 9.90 Å². The van der Waals surface area contributed by atoms with Gasteiger partial charge in [0, 0.05) is 16.5 Å². The second-order valence-corrected chi connectivity index (χ2v) is 9.03. The van der Waals surface area contributed by atoms with E-state index in [1.807, 2.05) is 36.4 Å². The summed E-state index contributed by atoms with van der Waals surface area (Å²) in [5.74, 6) is -0.128. The molecule has 34 heavy (non-hydrogen) atoms. The van der Waals surface area contributed by atoms with Crippen LogP contribution >= 0.6 is 23.2 Å². The molecule has 0 aliphatic carbocycles. The van der Waals surface area contributed by atoms with Gasteiger partial charge in [-0.2, -0.15) is 5.26 Å². The summed E-state index contributed by atoms with van der Waals surface area (Å²) >= 11 is 12.1. The van der Waals surface area contributed by atoms with Crippen LogP contribution < -0.4 is 5.69 Å². The predicted molar refractivity (Wildman–Crippen MR) is 131 cm³/mol. The van der Waals surface area contributed by atoms with Gasteiger partial charge in [-0.25, -0.2) is 9.36 Å². The molecule has 0 saturated heterocycles. The van der Waals surface area contributed by atoms with Crippen LogP contribution in [0.15, 0.2) is 71.5 Å². The highest BCUT2D eigenvalue weighted by Crippen LogP contribution is 2.30. The second-order valence-electron chi connectivity index (χ2n) is 8.15. The zero-order chi connectivity index (χ0) is 23.8. The standard InChI is InChI=1S/C26H19Cl2N3O3/c27-20-9-21(28)11-22(10-20)31-25(32)24-12-23(14-30(24)26(31)33)34-15-17-2-1-3-19(8-17)18-6-4-16(13-29)5-7-18/h1-11,23,32H,12,14-15H2/t23-/m0/s1. The summed E-state index contributed by atoms with van der Waals surface area (Å²) in [7, 11) is 0. The van der Waals surface area contributed by atoms with Crippen LogP contribution in [-0.2, 0) is 24.3 Å². The third-order valence-corrected chi connectivity index (χ3v) is 6.33. The minimum absolute atomic E-state index is 0.128. The summed E-state index contributed by atoms with van der Waals surface area (Å²) in [6, 6.07) is 22.3. The molecule has 0 unspecified atom stereocenters. The van der Waals surface area contributed by atoms with Gasteiger partial charge in [0.1, 0.15) is 0 Å². The van der Waals surface area contributed by atoms with Crippen molar-refractivity contribution in [2.75, 3.05) is 0 Å². The van der Waals surface area contributed by atoms with Crippen molar-refractivity contribution in [3.63, 3.8) is 0 Å². The number of benzene rings is 3. The molecule has 1 N–H and O–H groups in total. The van der Waals surface area contributed by atoms with Crippen LogP contribution in [0.3, 0.4) is 0 Å². The van der Waals surface area contributed by atoms with Gasteiger partial charge in [0.05, 0.1) is 42.3 Å². The quantitative estimate of drug-likeness (QED) is 0.409. The number of fused-ring (bicyclic) bond motifs is 1. The summed E-state index contributed by atoms with van der Waals surface area (Å²) in [6.45, 7) is 0.719. The molecule has 0 radical (unpaired) electrons. The Morgan fingerprint density at radius 3 is 2.44 bits per heavy atom. The van der Waals surface area contributed by atoms with Crippen molar-refractivity contribution in [1.82, 2.24) is 9.13 Å². The lowest BCUT2D eigenvalue weighted by Crippen LogP contribution is -2.26. The van der Waals surface area contributed by atoms with E-state index in [2.05, 4.69) is 6.07 Å². The summed E-state index contributed by atoms with van der Waals surface area (Å²) in [5, 5.41) is 20.5. The van der Waals surface area contributed by atoms with Crippen molar-refractivity contribution in [3.8, 4) is 28.8 Å². The van der Waals surface area contributed by atoms with Crippen molar-refractivity contribution in [2.45, 2.75) is 25.7 Å². The molecule has 0 bridgehead atoms. The molecule has 1 atom stereocenters. The molecule has 2 heterocycles. The Morgan fingerprint density at radius 2 is 1.76 bits per heavy atom. The molecular formula is C26H19Cl2N3O3. The molecule has 1 aliphatic rings. The SMILES string of the molecule is N#Cc1ccc(-c2cccc(CO[C@H]3Cc4c(O)n(-c5cc(Cl)cc(Cl)c5)c(=O)n4C3)c2)cc1. The first-order valence-corrected chi connectivity index (χ1v) is 11.4. The number of aromatic hydroxyl groups is 1. The monoisotopic (exact) mass is 491 g/mol. The predicted octanol–water partition coefficient (Wildman–Crippen LogP) is 5.33. The molecule has 170 valence electrons. The molecule has 0 spiro atoms. The number of nitriles is 1. The number of ether oxygens (including phenoxy) is 1. The lowest BCUT2D eigenvalue weighted by Gasteiger charge is -2.13. The lowest BCUT2D eigenvalue weighted by molar-refractivity contribution is 0.0409. The van der Waals surface area contributed by atoms with Crippen molar-refractivity contribution in [3.05, 3.63) is 104 Å². The number of halogens is 2. The van der Waals surface area contributed by atoms with Gasteiger partial charge in [-0.3, -0.25) is 4.57 Å². The zero-order valence-electron chi connectivity index (χ0n) is 17.9. The van der Waals surface area contributed by atoms with E-state index >= 15 is 0 Å². The molecule has 1 aliphatic heterocycles. The average Bonchev–Trinajstić information content (AvgIpc) is 3.36. The molecule has 0 fully saturated rings. The van der Waals surface area contributed by atoms with Gasteiger partial charge in [-0.1, -0.05) is 53.5 Å². The van der Waals surface area contributed by atoms with E-state index in [0.717, 1.165) is 16.7 Å². The summed E-state index contributed by atoms with van der Waals surface area (Å²) in [5.41, 5.74) is 4.24. The molecule has 0 amide bonds. The van der Waals surface area contributed by atoms with Gasteiger partial charge in [0.25, 0.3) is 0 Å². The Labute approximate surface area is 205 Å². The van der Waals surface area contributed by atoms with Gasteiger partial charge in [-0.05, 0) is 53.1 Å². The maximum Gasteiger partial charge on any atom is 0.336 e. The van der Waals surface area contributed by atoms with Crippen LogP contribution in [-0.4, -0.2) is 20.3 Å². The highest BCUT2D eigenvalue weighted by Gasteiger charge is 2.31. The van der Waals surface area contributed by atoms with Crippen LogP contribution in [0.1, 0.15) is 16.8 Å². The number of aromatic nitrogens is 2. The Bertz CT molecular complexity index is 1460. The van der Waals surface area contributed by atoms with Crippen LogP contribution in [0, 0.1) is 11.3 Å². The van der Waals surface area contributed by atoms with Crippen molar-refractivity contribution < 1.29 is 9.84 Å². The fraction of sp³-hybridized carbons (Fsp3) is 0.154. The Balaban J connectivity index is 1.30. The fourth-order valence-corrected chi connectivity index (χ4v) is 4.77. The summed E-state index contributed by atoms with van der Waals surface area (Å²) in [4.78, 5) is 13.0. The number of hydrogen-bond donors (Lipinski definition) is 1. The van der Waals surface area contributed by atoms with Crippen LogP contribution in [0.2, 0.25) is 10.0 Å². The van der Waals surface area contributed by atoms with Crippen LogP contribution in [0.25, 0.3) is 16.8 Å². The molecular weight excluding hydrogens is 473 g/mol. The van der Waals surface area contributed by atoms with E-state index in [1.165, 1.54) is 9.13 Å². The minimum Gasteiger partial charge on any atom is -0.493 e. The number of nitrogens with zero attached hydrogens (tertiary/aromatic N) is 3. The molecule has 6 nitrogen and oxygen atoms in total. The summed E-state index contributed by atoms with van der Waals surface area (Å²) < 4.78 is 8.83. The number of rotatable bonds is 5. The van der Waals surface area contributed by atoms with Crippen molar-refractivity contribution in [1.29, 1.82) is 5.26 Å². The van der Waals surface area contributed by atoms with E-state index in [4.69, 9.17) is 33.2 Å². The van der Waals surface area contributed by atoms with Gasteiger partial charge in [0.2, 0.25) is 5.88 Å². The Morgan fingerprint density at radius 1 is 1.03 bits per heavy atom. The smallest absolute Gasteiger partial charge is 0.336 e. The third-order valence-electron chi connectivity index (χ3n) is 5.89. The normalized spacial score (nSPS) is 14.7. The number of imidazole rings is 1. The second kappa shape index (κ2) is 9.03. The Kier molecular flexibility index (Phi) is 5.93. The van der Waals surface area contributed by atoms with E-state index < -0.39 is 0 Å². The maximum atomic E-state index is 13.0. The van der Waals surface area contributed by atoms with Gasteiger partial charge >= 0.3 is 5.69 Å². The van der Waals surface area contributed by atoms with Crippen LogP contribution in [0.5, 0.6) is 5.88 Å². The lowest BCUT2D eigenvalue weighted by atomic mass is 10.0. The topological polar surface area (TPSA) is 80.2 Å². The van der Waals surface area contributed by atoms with Gasteiger partial charge < -0.3 is 9.84 Å². The summed E-state index contributed by atoms with van der Waals surface area (Å²) in [6.07, 6.45) is 0.183. The Hall–Kier alpha value is -3.50. The molecule has 5 rings (SSSR count). The minimum atomic E-state index is -0.361. The highest BCUT2D eigenvalue weighted by atomic mass is 35.5. The van der Waals surface area contributed by atoms with E-state index in [0.29, 0.717) is 46.6 Å². The first-order chi connectivity index (χ1) is 16.4. The molecule has 1 aromatic heterocycles. The first-order valence-electron chi connectivity index (χ1n) is 10.6. The van der Waals surface area contributed by atoms with Gasteiger partial charge in [0.15, 0.2) is 0 Å². The van der Waals surface area contributed by atoms with E-state index in [1.54, 1.807) is 30.3 Å². The molecule has 4 aromatic rings. The molecule has 8 heteroatoms. The van der Waals surface area contributed by atoms with Crippen molar-refractivity contribution in [2.24, 2.45) is 0 Å². The third kappa shape index (κ3) is 4.22. The highest BCUT2D eigenvalue weighted by molar-refractivity contribution is 6.34. The van der Waals surface area contributed by atoms with Crippen LogP contribution in [0.4, 0.5) is 0 Å². The largest absolute Gasteiger partial charge is 0.493 e. The first kappa shape index (κ1) is 22.3. The van der Waals surface area contributed by atoms with Crippen molar-refractivity contribution >= 4 is 23.2 Å². The molecule has 0 saturated carbocycles. The van der Waals surface area contributed by atoms with E-state index in [-0.39, 0.29) is 17.7 Å².